The Labute approximate surface area is 132 Å². The molecule has 116 valence electrons. The van der Waals surface area contributed by atoms with Crippen LogP contribution in [0.25, 0.3) is 0 Å². The summed E-state index contributed by atoms with van der Waals surface area (Å²) in [5.41, 5.74) is 1.81. The highest BCUT2D eigenvalue weighted by Crippen LogP contribution is 2.32. The molecule has 0 saturated heterocycles. The van der Waals surface area contributed by atoms with Crippen molar-refractivity contribution in [1.29, 1.82) is 0 Å². The fraction of sp³-hybridized carbons (Fsp3) is 0.421. The van der Waals surface area contributed by atoms with Crippen molar-refractivity contribution >= 4 is 17.3 Å². The molecule has 0 heterocycles. The van der Waals surface area contributed by atoms with E-state index in [9.17, 15) is 9.59 Å². The summed E-state index contributed by atoms with van der Waals surface area (Å²) in [4.78, 5) is 29.5. The molecular formula is C19H23NO2. The van der Waals surface area contributed by atoms with Gasteiger partial charge in [0.25, 0.3) is 0 Å². The van der Waals surface area contributed by atoms with Crippen LogP contribution < -0.4 is 0 Å². The molecule has 0 amide bonds. The summed E-state index contributed by atoms with van der Waals surface area (Å²) in [6.07, 6.45) is 4.13. The van der Waals surface area contributed by atoms with Gasteiger partial charge in [-0.25, -0.2) is 0 Å². The van der Waals surface area contributed by atoms with E-state index >= 15 is 0 Å². The smallest absolute Gasteiger partial charge is 0.149 e. The Hall–Kier alpha value is -2.03. The van der Waals surface area contributed by atoms with Crippen molar-refractivity contribution in [3.8, 4) is 0 Å². The van der Waals surface area contributed by atoms with Gasteiger partial charge in [-0.05, 0) is 17.9 Å². The lowest BCUT2D eigenvalue weighted by Gasteiger charge is -2.27. The van der Waals surface area contributed by atoms with E-state index in [1.807, 2.05) is 37.3 Å². The SMILES string of the molecule is C=CCN=C(CCC)C1C(=O)CC(c2ccccc2)CC1=O. The molecule has 0 spiro atoms. The van der Waals surface area contributed by atoms with E-state index in [0.29, 0.717) is 25.8 Å². The van der Waals surface area contributed by atoms with Crippen LogP contribution in [0.3, 0.4) is 0 Å². The Morgan fingerprint density at radius 3 is 2.41 bits per heavy atom. The summed E-state index contributed by atoms with van der Waals surface area (Å²) in [6.45, 7) is 6.15. The maximum atomic E-state index is 12.5. The fourth-order valence-corrected chi connectivity index (χ4v) is 3.06. The van der Waals surface area contributed by atoms with Crippen molar-refractivity contribution in [1.82, 2.24) is 0 Å². The monoisotopic (exact) mass is 297 g/mol. The number of benzene rings is 1. The zero-order valence-electron chi connectivity index (χ0n) is 13.1. The number of nitrogens with zero attached hydrogens (tertiary/aromatic N) is 1. The maximum Gasteiger partial charge on any atom is 0.149 e. The van der Waals surface area contributed by atoms with Crippen LogP contribution in [0.4, 0.5) is 0 Å². The molecule has 0 aliphatic heterocycles. The molecule has 3 heteroatoms. The number of hydrogen-bond donors (Lipinski definition) is 0. The second kappa shape index (κ2) is 7.83. The first-order valence-corrected chi connectivity index (χ1v) is 7.91. The minimum absolute atomic E-state index is 0.0136. The van der Waals surface area contributed by atoms with Gasteiger partial charge in [0, 0.05) is 18.6 Å². The highest BCUT2D eigenvalue weighted by atomic mass is 16.2. The van der Waals surface area contributed by atoms with Gasteiger partial charge in [-0.3, -0.25) is 14.6 Å². The number of carbonyl (C=O) groups excluding carboxylic acids is 2. The lowest BCUT2D eigenvalue weighted by atomic mass is 9.74. The van der Waals surface area contributed by atoms with Gasteiger partial charge in [0.15, 0.2) is 0 Å². The average molecular weight is 297 g/mol. The summed E-state index contributed by atoms with van der Waals surface area (Å²) in [5, 5.41) is 0. The first-order valence-electron chi connectivity index (χ1n) is 7.91. The molecule has 22 heavy (non-hydrogen) atoms. The molecule has 1 aromatic rings. The second-order valence-electron chi connectivity index (χ2n) is 5.75. The van der Waals surface area contributed by atoms with Gasteiger partial charge in [-0.15, -0.1) is 6.58 Å². The van der Waals surface area contributed by atoms with E-state index in [-0.39, 0.29) is 17.5 Å². The fourth-order valence-electron chi connectivity index (χ4n) is 3.06. The van der Waals surface area contributed by atoms with Crippen LogP contribution in [0.1, 0.15) is 44.1 Å². The predicted molar refractivity (Wildman–Crippen MR) is 89.3 cm³/mol. The molecular weight excluding hydrogens is 274 g/mol. The molecule has 1 aromatic carbocycles. The molecule has 2 rings (SSSR count). The lowest BCUT2D eigenvalue weighted by molar-refractivity contribution is -0.133. The third-order valence-electron chi connectivity index (χ3n) is 4.07. The summed E-state index contributed by atoms with van der Waals surface area (Å²) >= 11 is 0. The first-order chi connectivity index (χ1) is 10.7. The Balaban J connectivity index is 2.18. The quantitative estimate of drug-likeness (QED) is 0.456. The molecule has 1 aliphatic carbocycles. The van der Waals surface area contributed by atoms with Gasteiger partial charge in [0.05, 0.1) is 6.54 Å². The van der Waals surface area contributed by atoms with Gasteiger partial charge >= 0.3 is 0 Å². The van der Waals surface area contributed by atoms with Crippen molar-refractivity contribution in [3.63, 3.8) is 0 Å². The summed E-state index contributed by atoms with van der Waals surface area (Å²) in [5.74, 6) is -0.581. The van der Waals surface area contributed by atoms with Gasteiger partial charge < -0.3 is 0 Å². The molecule has 3 nitrogen and oxygen atoms in total. The molecule has 0 aromatic heterocycles. The molecule has 0 radical (unpaired) electrons. The topological polar surface area (TPSA) is 46.5 Å². The van der Waals surface area contributed by atoms with Crippen LogP contribution in [-0.4, -0.2) is 23.8 Å². The molecule has 1 aliphatic rings. The van der Waals surface area contributed by atoms with Crippen molar-refractivity contribution < 1.29 is 9.59 Å². The molecule has 0 unspecified atom stereocenters. The van der Waals surface area contributed by atoms with Gasteiger partial charge in [0.1, 0.15) is 17.5 Å². The minimum Gasteiger partial charge on any atom is -0.298 e. The van der Waals surface area contributed by atoms with Gasteiger partial charge in [-0.1, -0.05) is 49.8 Å². The maximum absolute atomic E-state index is 12.5. The van der Waals surface area contributed by atoms with Gasteiger partial charge in [0.2, 0.25) is 0 Å². The Morgan fingerprint density at radius 2 is 1.86 bits per heavy atom. The van der Waals surface area contributed by atoms with Crippen molar-refractivity contribution in [2.24, 2.45) is 10.9 Å². The summed E-state index contributed by atoms with van der Waals surface area (Å²) < 4.78 is 0. The van der Waals surface area contributed by atoms with E-state index in [2.05, 4.69) is 11.6 Å². The van der Waals surface area contributed by atoms with Crippen molar-refractivity contribution in [2.45, 2.75) is 38.5 Å². The van der Waals surface area contributed by atoms with Crippen LogP contribution >= 0.6 is 0 Å². The average Bonchev–Trinajstić information content (AvgIpc) is 2.52. The highest BCUT2D eigenvalue weighted by Gasteiger charge is 2.38. The van der Waals surface area contributed by atoms with Crippen molar-refractivity contribution in [3.05, 3.63) is 48.6 Å². The number of ketones is 2. The molecule has 1 saturated carbocycles. The Morgan fingerprint density at radius 1 is 1.23 bits per heavy atom. The third-order valence-corrected chi connectivity index (χ3v) is 4.07. The first kappa shape index (κ1) is 16.3. The van der Waals surface area contributed by atoms with E-state index in [1.165, 1.54) is 0 Å². The molecule has 0 bridgehead atoms. The Kier molecular flexibility index (Phi) is 5.82. The Bertz CT molecular complexity index is 556. The van der Waals surface area contributed by atoms with Gasteiger partial charge in [-0.2, -0.15) is 0 Å². The van der Waals surface area contributed by atoms with Crippen LogP contribution in [0.5, 0.6) is 0 Å². The van der Waals surface area contributed by atoms with Crippen LogP contribution in [0, 0.1) is 5.92 Å². The number of hydrogen-bond acceptors (Lipinski definition) is 3. The zero-order valence-corrected chi connectivity index (χ0v) is 13.1. The molecule has 0 N–H and O–H groups in total. The van der Waals surface area contributed by atoms with E-state index in [0.717, 1.165) is 17.7 Å². The largest absolute Gasteiger partial charge is 0.298 e. The van der Waals surface area contributed by atoms with E-state index in [4.69, 9.17) is 0 Å². The number of carbonyl (C=O) groups is 2. The van der Waals surface area contributed by atoms with Crippen LogP contribution in [-0.2, 0) is 9.59 Å². The van der Waals surface area contributed by atoms with Crippen LogP contribution in [0.15, 0.2) is 48.0 Å². The summed E-state index contributed by atoms with van der Waals surface area (Å²) in [6, 6.07) is 9.82. The third kappa shape index (κ3) is 3.79. The second-order valence-corrected chi connectivity index (χ2v) is 5.75. The predicted octanol–water partition coefficient (Wildman–Crippen LogP) is 3.75. The summed E-state index contributed by atoms with van der Waals surface area (Å²) in [7, 11) is 0. The minimum atomic E-state index is -0.625. The number of Topliss-reactive ketones (excluding diaryl/α,β-unsaturated/α-hetero) is 2. The van der Waals surface area contributed by atoms with Crippen LogP contribution in [0.2, 0.25) is 0 Å². The standard InChI is InChI=1S/C19H23NO2/c1-3-8-16(20-11-4-2)19-17(21)12-15(13-18(19)22)14-9-6-5-7-10-14/h4-7,9-10,15,19H,2-3,8,11-13H2,1H3. The molecule has 0 atom stereocenters. The highest BCUT2D eigenvalue weighted by molar-refractivity contribution is 6.22. The molecule has 1 fully saturated rings. The van der Waals surface area contributed by atoms with Crippen molar-refractivity contribution in [2.75, 3.05) is 6.54 Å². The van der Waals surface area contributed by atoms with E-state index in [1.54, 1.807) is 6.08 Å². The zero-order chi connectivity index (χ0) is 15.9. The number of aliphatic imine (C=N–C) groups is 1. The lowest BCUT2D eigenvalue weighted by Crippen LogP contribution is -2.38. The normalized spacial score (nSPS) is 22.7. The van der Waals surface area contributed by atoms with E-state index < -0.39 is 5.92 Å². The number of rotatable bonds is 6.